The fourth-order valence-electron chi connectivity index (χ4n) is 3.22. The number of hydrogen-bond acceptors (Lipinski definition) is 4. The summed E-state index contributed by atoms with van der Waals surface area (Å²) in [5, 5.41) is 9.66. The molecule has 5 heteroatoms. The van der Waals surface area contributed by atoms with Crippen molar-refractivity contribution in [2.45, 2.75) is 32.6 Å². The molecule has 23 heavy (non-hydrogen) atoms. The van der Waals surface area contributed by atoms with Crippen LogP contribution in [0.4, 0.5) is 0 Å². The van der Waals surface area contributed by atoms with Crippen molar-refractivity contribution in [3.8, 4) is 5.75 Å². The van der Waals surface area contributed by atoms with E-state index >= 15 is 0 Å². The van der Waals surface area contributed by atoms with E-state index in [4.69, 9.17) is 10.5 Å². The molecule has 0 saturated carbocycles. The van der Waals surface area contributed by atoms with Gasteiger partial charge in [0.25, 0.3) is 0 Å². The van der Waals surface area contributed by atoms with Gasteiger partial charge in [-0.2, -0.15) is 0 Å². The number of rotatable bonds is 8. The van der Waals surface area contributed by atoms with Crippen LogP contribution in [0.2, 0.25) is 0 Å². The molecule has 0 bridgehead atoms. The molecular formula is C18H28N2O3. The van der Waals surface area contributed by atoms with Gasteiger partial charge < -0.3 is 20.5 Å². The number of likely N-dealkylation sites (tertiary alicyclic amines) is 1. The molecule has 1 aromatic carbocycles. The van der Waals surface area contributed by atoms with Crippen molar-refractivity contribution in [2.24, 2.45) is 11.1 Å². The van der Waals surface area contributed by atoms with Gasteiger partial charge in [-0.05, 0) is 56.5 Å². The summed E-state index contributed by atoms with van der Waals surface area (Å²) < 4.78 is 5.71. The molecule has 0 aliphatic carbocycles. The van der Waals surface area contributed by atoms with E-state index in [1.807, 2.05) is 0 Å². The van der Waals surface area contributed by atoms with E-state index in [1.54, 1.807) is 24.3 Å². The summed E-state index contributed by atoms with van der Waals surface area (Å²) in [5.41, 5.74) is 5.79. The summed E-state index contributed by atoms with van der Waals surface area (Å²) in [4.78, 5) is 13.4. The quantitative estimate of drug-likeness (QED) is 0.719. The number of primary amides is 1. The van der Waals surface area contributed by atoms with Crippen LogP contribution < -0.4 is 10.5 Å². The fraction of sp³-hybridized carbons (Fsp3) is 0.611. The van der Waals surface area contributed by atoms with E-state index in [-0.39, 0.29) is 12.0 Å². The number of amides is 1. The molecule has 1 aliphatic rings. The summed E-state index contributed by atoms with van der Waals surface area (Å²) in [5.74, 6) is 0.330. The predicted octanol–water partition coefficient (Wildman–Crippen LogP) is 2.04. The highest BCUT2D eigenvalue weighted by Crippen LogP contribution is 2.32. The van der Waals surface area contributed by atoms with E-state index < -0.39 is 5.91 Å². The van der Waals surface area contributed by atoms with E-state index in [0.29, 0.717) is 12.2 Å². The predicted molar refractivity (Wildman–Crippen MR) is 90.6 cm³/mol. The molecule has 0 spiro atoms. The number of piperidine rings is 1. The second-order valence-electron chi connectivity index (χ2n) is 6.48. The Labute approximate surface area is 138 Å². The Morgan fingerprint density at radius 2 is 2.13 bits per heavy atom. The largest absolute Gasteiger partial charge is 0.494 e. The maximum Gasteiger partial charge on any atom is 0.248 e. The van der Waals surface area contributed by atoms with E-state index in [1.165, 1.54) is 0 Å². The maximum absolute atomic E-state index is 11.0. The summed E-state index contributed by atoms with van der Waals surface area (Å²) in [6.07, 6.45) is 4.26. The molecule has 0 aromatic heterocycles. The topological polar surface area (TPSA) is 75.8 Å². The molecule has 1 heterocycles. The molecule has 1 fully saturated rings. The number of carbonyl (C=O) groups excluding carboxylic acids is 1. The second-order valence-corrected chi connectivity index (χ2v) is 6.48. The van der Waals surface area contributed by atoms with Crippen molar-refractivity contribution in [1.82, 2.24) is 4.90 Å². The van der Waals surface area contributed by atoms with Gasteiger partial charge in [0.05, 0.1) is 6.61 Å². The lowest BCUT2D eigenvalue weighted by Crippen LogP contribution is -2.45. The molecule has 128 valence electrons. The highest BCUT2D eigenvalue weighted by Gasteiger charge is 2.32. The summed E-state index contributed by atoms with van der Waals surface area (Å²) in [6, 6.07) is 6.90. The van der Waals surface area contributed by atoms with Crippen LogP contribution in [0, 0.1) is 5.41 Å². The zero-order valence-corrected chi connectivity index (χ0v) is 14.0. The van der Waals surface area contributed by atoms with Crippen LogP contribution >= 0.6 is 0 Å². The molecule has 2 rings (SSSR count). The van der Waals surface area contributed by atoms with Crippen LogP contribution in [0.1, 0.15) is 43.0 Å². The summed E-state index contributed by atoms with van der Waals surface area (Å²) in [7, 11) is 0. The van der Waals surface area contributed by atoms with Crippen LogP contribution in [0.3, 0.4) is 0 Å². The number of aliphatic hydroxyl groups is 1. The lowest BCUT2D eigenvalue weighted by Gasteiger charge is -2.41. The molecule has 3 N–H and O–H groups in total. The second kappa shape index (κ2) is 8.31. The number of benzene rings is 1. The van der Waals surface area contributed by atoms with Crippen LogP contribution in [0.25, 0.3) is 0 Å². The third-order valence-electron chi connectivity index (χ3n) is 4.85. The summed E-state index contributed by atoms with van der Waals surface area (Å²) >= 11 is 0. The van der Waals surface area contributed by atoms with E-state index in [9.17, 15) is 9.90 Å². The molecule has 0 radical (unpaired) electrons. The number of nitrogens with two attached hydrogens (primary N) is 1. The number of aliphatic hydroxyl groups excluding tert-OH is 1. The zero-order chi connectivity index (χ0) is 16.7. The minimum Gasteiger partial charge on any atom is -0.494 e. The Kier molecular flexibility index (Phi) is 6.42. The number of hydrogen-bond donors (Lipinski definition) is 2. The van der Waals surface area contributed by atoms with Gasteiger partial charge in [0.1, 0.15) is 5.75 Å². The molecule has 1 aliphatic heterocycles. The van der Waals surface area contributed by atoms with Crippen LogP contribution in [0.15, 0.2) is 24.3 Å². The molecule has 1 saturated heterocycles. The van der Waals surface area contributed by atoms with Crippen molar-refractivity contribution in [1.29, 1.82) is 0 Å². The van der Waals surface area contributed by atoms with Gasteiger partial charge in [0.2, 0.25) is 5.91 Å². The normalized spacial score (nSPS) is 22.0. The smallest absolute Gasteiger partial charge is 0.248 e. The monoisotopic (exact) mass is 320 g/mol. The maximum atomic E-state index is 11.0. The molecule has 0 unspecified atom stereocenters. The lowest BCUT2D eigenvalue weighted by molar-refractivity contribution is 0.0274. The van der Waals surface area contributed by atoms with Gasteiger partial charge in [0.15, 0.2) is 0 Å². The number of nitrogens with zero attached hydrogens (tertiary/aromatic N) is 1. The van der Waals surface area contributed by atoms with Gasteiger partial charge >= 0.3 is 0 Å². The van der Waals surface area contributed by atoms with Crippen LogP contribution in [-0.2, 0) is 0 Å². The van der Waals surface area contributed by atoms with Crippen LogP contribution in [0.5, 0.6) is 5.75 Å². The Morgan fingerprint density at radius 1 is 1.39 bits per heavy atom. The Bertz CT molecular complexity index is 497. The van der Waals surface area contributed by atoms with E-state index in [0.717, 1.165) is 51.1 Å². The van der Waals surface area contributed by atoms with Crippen LogP contribution in [-0.4, -0.2) is 48.8 Å². The third kappa shape index (κ3) is 4.94. The third-order valence-corrected chi connectivity index (χ3v) is 4.85. The number of carbonyl (C=O) groups is 1. The van der Waals surface area contributed by atoms with Gasteiger partial charge in [-0.25, -0.2) is 0 Å². The van der Waals surface area contributed by atoms with E-state index in [2.05, 4.69) is 11.8 Å². The molecule has 1 amide bonds. The summed E-state index contributed by atoms with van der Waals surface area (Å²) in [6.45, 7) is 6.16. The lowest BCUT2D eigenvalue weighted by atomic mass is 9.78. The molecular weight excluding hydrogens is 292 g/mol. The molecule has 5 nitrogen and oxygen atoms in total. The Balaban J connectivity index is 1.71. The SMILES string of the molecule is CC[C@]1(CO)CCCN(CCCOc2ccc(C(N)=O)cc2)C1. The molecule has 1 aromatic rings. The van der Waals surface area contributed by atoms with Crippen molar-refractivity contribution < 1.29 is 14.6 Å². The first-order valence-electron chi connectivity index (χ1n) is 8.44. The number of ether oxygens (including phenoxy) is 1. The van der Waals surface area contributed by atoms with Gasteiger partial charge in [-0.15, -0.1) is 0 Å². The first kappa shape index (κ1) is 17.8. The highest BCUT2D eigenvalue weighted by atomic mass is 16.5. The van der Waals surface area contributed by atoms with Crippen molar-refractivity contribution >= 4 is 5.91 Å². The average molecular weight is 320 g/mol. The van der Waals surface area contributed by atoms with Crippen molar-refractivity contribution in [2.75, 3.05) is 32.8 Å². The highest BCUT2D eigenvalue weighted by molar-refractivity contribution is 5.92. The Hall–Kier alpha value is -1.59. The fourth-order valence-corrected chi connectivity index (χ4v) is 3.22. The minimum atomic E-state index is -0.426. The zero-order valence-electron chi connectivity index (χ0n) is 14.0. The molecule has 1 atom stereocenters. The van der Waals surface area contributed by atoms with Crippen molar-refractivity contribution in [3.05, 3.63) is 29.8 Å². The van der Waals surface area contributed by atoms with Crippen molar-refractivity contribution in [3.63, 3.8) is 0 Å². The first-order valence-corrected chi connectivity index (χ1v) is 8.44. The minimum absolute atomic E-state index is 0.0870. The van der Waals surface area contributed by atoms with Gasteiger partial charge in [0, 0.05) is 30.7 Å². The average Bonchev–Trinajstić information content (AvgIpc) is 2.59. The Morgan fingerprint density at radius 3 is 2.74 bits per heavy atom. The van der Waals surface area contributed by atoms with Gasteiger partial charge in [-0.1, -0.05) is 6.92 Å². The van der Waals surface area contributed by atoms with Gasteiger partial charge in [-0.3, -0.25) is 4.79 Å². The first-order chi connectivity index (χ1) is 11.1. The standard InChI is InChI=1S/C18H28N2O3/c1-2-18(14-21)9-3-10-20(13-18)11-4-12-23-16-7-5-15(6-8-16)17(19)22/h5-8,21H,2-4,9-14H2,1H3,(H2,19,22)/t18-/m0/s1.